The maximum absolute atomic E-state index is 11.6. The van der Waals surface area contributed by atoms with E-state index in [0.29, 0.717) is 5.75 Å². The van der Waals surface area contributed by atoms with Crippen LogP contribution in [0.1, 0.15) is 16.8 Å². The number of hydrogen-bond acceptors (Lipinski definition) is 4. The van der Waals surface area contributed by atoms with Crippen molar-refractivity contribution in [2.45, 2.75) is 6.42 Å². The highest BCUT2D eigenvalue weighted by Gasteiger charge is 2.11. The van der Waals surface area contributed by atoms with Crippen molar-refractivity contribution in [2.24, 2.45) is 5.73 Å². The number of ether oxygens (including phenoxy) is 1. The SMILES string of the molecule is COc1ccc(C(=O)NCCC(N)=O)c(O)c1. The van der Waals surface area contributed by atoms with Gasteiger partial charge in [-0.3, -0.25) is 9.59 Å². The Morgan fingerprint density at radius 3 is 2.71 bits per heavy atom. The molecular formula is C11H14N2O4. The van der Waals surface area contributed by atoms with Crippen molar-refractivity contribution in [1.29, 1.82) is 0 Å². The predicted molar refractivity (Wildman–Crippen MR) is 60.8 cm³/mol. The maximum atomic E-state index is 11.6. The van der Waals surface area contributed by atoms with E-state index in [4.69, 9.17) is 10.5 Å². The van der Waals surface area contributed by atoms with Crippen molar-refractivity contribution in [3.63, 3.8) is 0 Å². The number of nitrogens with two attached hydrogens (primary N) is 1. The normalized spacial score (nSPS) is 9.71. The Bertz CT molecular complexity index is 431. The number of methoxy groups -OCH3 is 1. The zero-order valence-corrected chi connectivity index (χ0v) is 9.40. The summed E-state index contributed by atoms with van der Waals surface area (Å²) in [6.45, 7) is 0.139. The Labute approximate surface area is 98.4 Å². The third kappa shape index (κ3) is 3.67. The van der Waals surface area contributed by atoms with E-state index in [9.17, 15) is 14.7 Å². The van der Waals surface area contributed by atoms with E-state index < -0.39 is 11.8 Å². The average Bonchev–Trinajstić information content (AvgIpc) is 2.28. The molecule has 0 atom stereocenters. The number of phenolic OH excluding ortho intramolecular Hbond substituents is 1. The molecule has 0 aromatic heterocycles. The first kappa shape index (κ1) is 12.8. The molecule has 1 rings (SSSR count). The lowest BCUT2D eigenvalue weighted by Crippen LogP contribution is -2.27. The molecule has 0 saturated carbocycles. The lowest BCUT2D eigenvalue weighted by molar-refractivity contribution is -0.117. The first-order valence-electron chi connectivity index (χ1n) is 4.98. The van der Waals surface area contributed by atoms with Crippen LogP contribution in [0.5, 0.6) is 11.5 Å². The molecule has 92 valence electrons. The summed E-state index contributed by atoms with van der Waals surface area (Å²) in [7, 11) is 1.46. The third-order valence-corrected chi connectivity index (χ3v) is 2.11. The van der Waals surface area contributed by atoms with Crippen LogP contribution < -0.4 is 15.8 Å². The summed E-state index contributed by atoms with van der Waals surface area (Å²) < 4.78 is 4.89. The molecule has 6 nitrogen and oxygen atoms in total. The molecule has 0 aliphatic rings. The van der Waals surface area contributed by atoms with E-state index in [2.05, 4.69) is 5.32 Å². The lowest BCUT2D eigenvalue weighted by atomic mass is 10.1. The molecule has 1 aromatic carbocycles. The van der Waals surface area contributed by atoms with Gasteiger partial charge in [0.2, 0.25) is 5.91 Å². The molecular weight excluding hydrogens is 224 g/mol. The van der Waals surface area contributed by atoms with Crippen LogP contribution in [-0.2, 0) is 4.79 Å². The van der Waals surface area contributed by atoms with Crippen LogP contribution in [0.4, 0.5) is 0 Å². The van der Waals surface area contributed by atoms with Gasteiger partial charge in [0.05, 0.1) is 12.7 Å². The minimum Gasteiger partial charge on any atom is -0.507 e. The smallest absolute Gasteiger partial charge is 0.255 e. The van der Waals surface area contributed by atoms with E-state index in [1.165, 1.54) is 19.2 Å². The number of hydrogen-bond donors (Lipinski definition) is 3. The molecule has 0 spiro atoms. The minimum atomic E-state index is -0.496. The highest BCUT2D eigenvalue weighted by atomic mass is 16.5. The van der Waals surface area contributed by atoms with Gasteiger partial charge in [0.1, 0.15) is 11.5 Å². The Hall–Kier alpha value is -2.24. The standard InChI is InChI=1S/C11H14N2O4/c1-17-7-2-3-8(9(14)6-7)11(16)13-5-4-10(12)15/h2-3,6,14H,4-5H2,1H3,(H2,12,15)(H,13,16). The molecule has 6 heteroatoms. The quantitative estimate of drug-likeness (QED) is 0.672. The largest absolute Gasteiger partial charge is 0.507 e. The van der Waals surface area contributed by atoms with Gasteiger partial charge in [-0.1, -0.05) is 0 Å². The summed E-state index contributed by atoms with van der Waals surface area (Å²) in [6.07, 6.45) is 0.0582. The van der Waals surface area contributed by atoms with Gasteiger partial charge >= 0.3 is 0 Å². The zero-order valence-electron chi connectivity index (χ0n) is 9.40. The summed E-state index contributed by atoms with van der Waals surface area (Å²) in [5.74, 6) is -0.687. The highest BCUT2D eigenvalue weighted by molar-refractivity contribution is 5.97. The van der Waals surface area contributed by atoms with Crippen molar-refractivity contribution in [2.75, 3.05) is 13.7 Å². The molecule has 4 N–H and O–H groups in total. The number of benzene rings is 1. The highest BCUT2D eigenvalue weighted by Crippen LogP contribution is 2.22. The number of aromatic hydroxyl groups is 1. The zero-order chi connectivity index (χ0) is 12.8. The lowest BCUT2D eigenvalue weighted by Gasteiger charge is -2.07. The van der Waals surface area contributed by atoms with E-state index in [0.717, 1.165) is 0 Å². The number of carbonyl (C=O) groups excluding carboxylic acids is 2. The van der Waals surface area contributed by atoms with Crippen molar-refractivity contribution >= 4 is 11.8 Å². The number of rotatable bonds is 5. The molecule has 17 heavy (non-hydrogen) atoms. The molecule has 2 amide bonds. The monoisotopic (exact) mass is 238 g/mol. The molecule has 0 fully saturated rings. The van der Waals surface area contributed by atoms with Gasteiger partial charge in [-0.15, -0.1) is 0 Å². The fourth-order valence-electron chi connectivity index (χ4n) is 1.22. The van der Waals surface area contributed by atoms with Gasteiger partial charge < -0.3 is 20.9 Å². The summed E-state index contributed by atoms with van der Waals surface area (Å²) in [5, 5.41) is 12.0. The third-order valence-electron chi connectivity index (χ3n) is 2.11. The van der Waals surface area contributed by atoms with Crippen LogP contribution in [0, 0.1) is 0 Å². The van der Waals surface area contributed by atoms with Gasteiger partial charge in [-0.2, -0.15) is 0 Å². The first-order valence-corrected chi connectivity index (χ1v) is 4.98. The fraction of sp³-hybridized carbons (Fsp3) is 0.273. The number of amides is 2. The summed E-state index contributed by atoms with van der Waals surface area (Å²) in [4.78, 5) is 22.1. The summed E-state index contributed by atoms with van der Waals surface area (Å²) in [5.41, 5.74) is 5.05. The van der Waals surface area contributed by atoms with Crippen molar-refractivity contribution in [3.8, 4) is 11.5 Å². The van der Waals surface area contributed by atoms with E-state index in [1.807, 2.05) is 0 Å². The second-order valence-electron chi connectivity index (χ2n) is 3.36. The van der Waals surface area contributed by atoms with E-state index >= 15 is 0 Å². The van der Waals surface area contributed by atoms with Gasteiger partial charge in [-0.05, 0) is 12.1 Å². The fourth-order valence-corrected chi connectivity index (χ4v) is 1.22. The molecule has 0 radical (unpaired) electrons. The Morgan fingerprint density at radius 2 is 2.18 bits per heavy atom. The van der Waals surface area contributed by atoms with Gasteiger partial charge in [0.15, 0.2) is 0 Å². The Kier molecular flexibility index (Phi) is 4.33. The second-order valence-corrected chi connectivity index (χ2v) is 3.36. The van der Waals surface area contributed by atoms with Gasteiger partial charge in [0.25, 0.3) is 5.91 Å². The number of primary amides is 1. The number of nitrogens with one attached hydrogen (secondary N) is 1. The van der Waals surface area contributed by atoms with Gasteiger partial charge in [0, 0.05) is 19.0 Å². The maximum Gasteiger partial charge on any atom is 0.255 e. The van der Waals surface area contributed by atoms with Gasteiger partial charge in [-0.25, -0.2) is 0 Å². The first-order chi connectivity index (χ1) is 8.04. The predicted octanol–water partition coefficient (Wildman–Crippen LogP) is 0.00600. The Balaban J connectivity index is 2.66. The molecule has 0 bridgehead atoms. The van der Waals surface area contributed by atoms with Crippen LogP contribution >= 0.6 is 0 Å². The number of phenols is 1. The van der Waals surface area contributed by atoms with Crippen molar-refractivity contribution in [3.05, 3.63) is 23.8 Å². The summed E-state index contributed by atoms with van der Waals surface area (Å²) in [6, 6.07) is 4.33. The number of carbonyl (C=O) groups is 2. The minimum absolute atomic E-state index is 0.0582. The molecule has 0 aliphatic heterocycles. The molecule has 0 heterocycles. The Morgan fingerprint density at radius 1 is 1.47 bits per heavy atom. The van der Waals surface area contributed by atoms with E-state index in [-0.39, 0.29) is 24.3 Å². The topological polar surface area (TPSA) is 102 Å². The second kappa shape index (κ2) is 5.74. The van der Waals surface area contributed by atoms with Crippen molar-refractivity contribution < 1.29 is 19.4 Å². The van der Waals surface area contributed by atoms with E-state index in [1.54, 1.807) is 6.07 Å². The van der Waals surface area contributed by atoms with Crippen LogP contribution in [0.15, 0.2) is 18.2 Å². The van der Waals surface area contributed by atoms with Crippen molar-refractivity contribution in [1.82, 2.24) is 5.32 Å². The van der Waals surface area contributed by atoms with Crippen LogP contribution in [0.3, 0.4) is 0 Å². The van der Waals surface area contributed by atoms with Crippen LogP contribution in [0.25, 0.3) is 0 Å². The molecule has 0 unspecified atom stereocenters. The molecule has 0 saturated heterocycles. The molecule has 1 aromatic rings. The van der Waals surface area contributed by atoms with Crippen LogP contribution in [0.2, 0.25) is 0 Å². The molecule has 0 aliphatic carbocycles. The van der Waals surface area contributed by atoms with Crippen LogP contribution in [-0.4, -0.2) is 30.6 Å². The average molecular weight is 238 g/mol. The summed E-state index contributed by atoms with van der Waals surface area (Å²) >= 11 is 0.